The number of halogens is 1. The fourth-order valence-electron chi connectivity index (χ4n) is 4.40. The van der Waals surface area contributed by atoms with Crippen LogP contribution in [0.1, 0.15) is 35.8 Å². The molecule has 28 heavy (non-hydrogen) atoms. The summed E-state index contributed by atoms with van der Waals surface area (Å²) in [5.41, 5.74) is 2.90. The number of β-amino-alcohol motifs (C(OH)–C–C–N with tert-alkyl or cyclic N) is 1. The summed E-state index contributed by atoms with van der Waals surface area (Å²) >= 11 is 5.90. The Bertz CT molecular complexity index is 931. The number of anilines is 2. The number of nitrogens with one attached hydrogen (secondary N) is 1. The van der Waals surface area contributed by atoms with Crippen LogP contribution < -0.4 is 10.2 Å². The molecule has 1 unspecified atom stereocenters. The van der Waals surface area contributed by atoms with Crippen molar-refractivity contribution < 1.29 is 9.32 Å². The van der Waals surface area contributed by atoms with E-state index in [0.29, 0.717) is 29.7 Å². The van der Waals surface area contributed by atoms with Gasteiger partial charge in [-0.25, -0.2) is 15.0 Å². The van der Waals surface area contributed by atoms with E-state index in [9.17, 15) is 9.32 Å². The van der Waals surface area contributed by atoms with Crippen molar-refractivity contribution in [3.8, 4) is 0 Å². The molecule has 0 aromatic carbocycles. The van der Waals surface area contributed by atoms with Crippen molar-refractivity contribution in [1.82, 2.24) is 15.0 Å². The first-order chi connectivity index (χ1) is 13.6. The van der Waals surface area contributed by atoms with Crippen LogP contribution in [0, 0.1) is 0 Å². The van der Waals surface area contributed by atoms with E-state index in [2.05, 4.69) is 20.2 Å². The van der Waals surface area contributed by atoms with Gasteiger partial charge < -0.3 is 15.3 Å². The normalized spacial score (nSPS) is 24.6. The van der Waals surface area contributed by atoms with Crippen molar-refractivity contribution in [2.24, 2.45) is 0 Å². The zero-order valence-corrected chi connectivity index (χ0v) is 17.0. The van der Waals surface area contributed by atoms with Gasteiger partial charge >= 0.3 is 0 Å². The number of aliphatic hydroxyl groups is 1. The van der Waals surface area contributed by atoms with Gasteiger partial charge in [0.25, 0.3) is 0 Å². The zero-order valence-electron chi connectivity index (χ0n) is 15.4. The highest BCUT2D eigenvalue weighted by atomic mass is 35.5. The smallest absolute Gasteiger partial charge is 0.134 e. The lowest BCUT2D eigenvalue weighted by atomic mass is 9.94. The molecule has 0 bridgehead atoms. The molecular weight excluding hydrogens is 398 g/mol. The number of piperidine rings is 1. The summed E-state index contributed by atoms with van der Waals surface area (Å²) in [6.07, 6.45) is 6.05. The molecule has 2 aromatic rings. The fourth-order valence-corrected chi connectivity index (χ4v) is 5.91. The number of hydrogen-bond acceptors (Lipinski definition) is 7. The Hall–Kier alpha value is -1.77. The maximum atomic E-state index is 12.5. The minimum atomic E-state index is -0.997. The second-order valence-corrected chi connectivity index (χ2v) is 9.57. The van der Waals surface area contributed by atoms with Gasteiger partial charge in [-0.3, -0.25) is 4.21 Å². The van der Waals surface area contributed by atoms with Crippen LogP contribution >= 0.6 is 11.6 Å². The molecule has 0 saturated carbocycles. The number of hydrogen-bond donors (Lipinski definition) is 2. The quantitative estimate of drug-likeness (QED) is 0.768. The minimum absolute atomic E-state index is 0.315. The van der Waals surface area contributed by atoms with E-state index in [4.69, 9.17) is 16.6 Å². The second-order valence-electron chi connectivity index (χ2n) is 7.62. The number of rotatable bonds is 2. The third-order valence-corrected chi connectivity index (χ3v) is 7.47. The molecule has 0 amide bonds. The van der Waals surface area contributed by atoms with Gasteiger partial charge in [-0.05, 0) is 12.8 Å². The lowest BCUT2D eigenvalue weighted by molar-refractivity contribution is 0.184. The molecule has 3 aliphatic heterocycles. The summed E-state index contributed by atoms with van der Waals surface area (Å²) in [7, 11) is -0.997. The van der Waals surface area contributed by atoms with Gasteiger partial charge in [-0.2, -0.15) is 0 Å². The first kappa shape index (κ1) is 18.3. The number of fused-ring (bicyclic) bond motifs is 3. The van der Waals surface area contributed by atoms with E-state index in [0.717, 1.165) is 65.8 Å². The van der Waals surface area contributed by atoms with Gasteiger partial charge in [0.2, 0.25) is 0 Å². The highest BCUT2D eigenvalue weighted by Gasteiger charge is 2.34. The van der Waals surface area contributed by atoms with Crippen LogP contribution in [0.15, 0.2) is 17.3 Å². The molecule has 3 aliphatic rings. The first-order valence-corrected chi connectivity index (χ1v) is 11.4. The Kier molecular flexibility index (Phi) is 4.72. The standard InChI is InChI=1S/C19H22ClN5O2S/c20-12-8-22-18(23-9-12)11-1-4-25(5-2-11)19-14-7-13(26)10-21-16(14)17-15(24-19)3-6-28(17)27/h8-9,11,13,21,26H,1-7,10H2/t13?,28-/m1/s1. The number of pyridine rings is 1. The lowest BCUT2D eigenvalue weighted by Crippen LogP contribution is -2.37. The molecular formula is C19H22ClN5O2S. The van der Waals surface area contributed by atoms with Crippen molar-refractivity contribution in [2.45, 2.75) is 42.6 Å². The van der Waals surface area contributed by atoms with Crippen LogP contribution in [-0.4, -0.2) is 55.8 Å². The average molecular weight is 420 g/mol. The third kappa shape index (κ3) is 3.17. The van der Waals surface area contributed by atoms with E-state index in [1.54, 1.807) is 12.4 Å². The molecule has 0 radical (unpaired) electrons. The molecule has 2 N–H and O–H groups in total. The first-order valence-electron chi connectivity index (χ1n) is 9.68. The van der Waals surface area contributed by atoms with Crippen molar-refractivity contribution in [3.63, 3.8) is 0 Å². The van der Waals surface area contributed by atoms with Crippen molar-refractivity contribution in [1.29, 1.82) is 0 Å². The van der Waals surface area contributed by atoms with Crippen LogP contribution in [-0.2, 0) is 23.6 Å². The molecule has 5 heterocycles. The minimum Gasteiger partial charge on any atom is -0.391 e. The van der Waals surface area contributed by atoms with Gasteiger partial charge in [-0.15, -0.1) is 0 Å². The predicted molar refractivity (Wildman–Crippen MR) is 109 cm³/mol. The molecule has 1 fully saturated rings. The number of aromatic nitrogens is 3. The van der Waals surface area contributed by atoms with Crippen LogP contribution in [0.4, 0.5) is 11.5 Å². The van der Waals surface area contributed by atoms with Gasteiger partial charge in [-0.1, -0.05) is 11.6 Å². The predicted octanol–water partition coefficient (Wildman–Crippen LogP) is 1.90. The lowest BCUT2D eigenvalue weighted by Gasteiger charge is -2.36. The van der Waals surface area contributed by atoms with Crippen LogP contribution in [0.25, 0.3) is 0 Å². The van der Waals surface area contributed by atoms with Crippen LogP contribution in [0.3, 0.4) is 0 Å². The Morgan fingerprint density at radius 1 is 1.25 bits per heavy atom. The summed E-state index contributed by atoms with van der Waals surface area (Å²) in [5.74, 6) is 2.74. The molecule has 0 aliphatic carbocycles. The van der Waals surface area contributed by atoms with E-state index in [1.807, 2.05) is 0 Å². The Labute approximate surface area is 171 Å². The van der Waals surface area contributed by atoms with E-state index in [-0.39, 0.29) is 0 Å². The summed E-state index contributed by atoms with van der Waals surface area (Å²) in [6.45, 7) is 2.21. The number of aliphatic hydroxyl groups excluding tert-OH is 1. The van der Waals surface area contributed by atoms with Crippen LogP contribution in [0.2, 0.25) is 5.02 Å². The molecule has 2 atom stereocenters. The Balaban J connectivity index is 1.43. The van der Waals surface area contributed by atoms with Gasteiger partial charge in [0, 0.05) is 62.1 Å². The summed E-state index contributed by atoms with van der Waals surface area (Å²) < 4.78 is 12.5. The van der Waals surface area contributed by atoms with Gasteiger partial charge in [0.05, 0.1) is 38.2 Å². The number of aryl methyl sites for hydroxylation is 1. The summed E-state index contributed by atoms with van der Waals surface area (Å²) in [5, 5.41) is 14.1. The highest BCUT2D eigenvalue weighted by Crippen LogP contribution is 2.40. The highest BCUT2D eigenvalue weighted by molar-refractivity contribution is 7.85. The molecule has 2 aromatic heterocycles. The van der Waals surface area contributed by atoms with Crippen molar-refractivity contribution >= 4 is 33.9 Å². The topological polar surface area (TPSA) is 91.2 Å². The molecule has 148 valence electrons. The van der Waals surface area contributed by atoms with Crippen molar-refractivity contribution in [3.05, 3.63) is 34.5 Å². The largest absolute Gasteiger partial charge is 0.391 e. The molecule has 1 saturated heterocycles. The third-order valence-electron chi connectivity index (χ3n) is 5.81. The Morgan fingerprint density at radius 2 is 2.00 bits per heavy atom. The van der Waals surface area contributed by atoms with E-state index >= 15 is 0 Å². The van der Waals surface area contributed by atoms with Gasteiger partial charge in [0.15, 0.2) is 0 Å². The van der Waals surface area contributed by atoms with Gasteiger partial charge in [0.1, 0.15) is 11.6 Å². The van der Waals surface area contributed by atoms with Crippen molar-refractivity contribution in [2.75, 3.05) is 35.6 Å². The Morgan fingerprint density at radius 3 is 2.75 bits per heavy atom. The SMILES string of the molecule is O=[S@@]1CCc2nc(N3CCC(c4ncc(Cl)cn4)CC3)c3c(c21)NCC(O)C3. The summed E-state index contributed by atoms with van der Waals surface area (Å²) in [6, 6.07) is 0. The van der Waals surface area contributed by atoms with Crippen LogP contribution in [0.5, 0.6) is 0 Å². The monoisotopic (exact) mass is 419 g/mol. The maximum absolute atomic E-state index is 12.5. The maximum Gasteiger partial charge on any atom is 0.134 e. The molecule has 9 heteroatoms. The van der Waals surface area contributed by atoms with E-state index in [1.165, 1.54) is 0 Å². The molecule has 5 rings (SSSR count). The second kappa shape index (κ2) is 7.24. The zero-order chi connectivity index (χ0) is 19.3. The number of nitrogens with zero attached hydrogens (tertiary/aromatic N) is 4. The van der Waals surface area contributed by atoms with E-state index < -0.39 is 16.9 Å². The molecule has 7 nitrogen and oxygen atoms in total. The fraction of sp³-hybridized carbons (Fsp3) is 0.526. The molecule has 0 spiro atoms. The average Bonchev–Trinajstić information content (AvgIpc) is 3.09. The summed E-state index contributed by atoms with van der Waals surface area (Å²) in [4.78, 5) is 16.8.